The molecule has 126 valence electrons. The maximum absolute atomic E-state index is 12.3. The van der Waals surface area contributed by atoms with Crippen molar-refractivity contribution in [2.24, 2.45) is 5.92 Å². The number of hydrogen-bond donors (Lipinski definition) is 1. The van der Waals surface area contributed by atoms with E-state index in [1.54, 1.807) is 14.2 Å². The molecule has 4 nitrogen and oxygen atoms in total. The lowest BCUT2D eigenvalue weighted by molar-refractivity contribution is -0.122. The van der Waals surface area contributed by atoms with Crippen molar-refractivity contribution < 1.29 is 14.3 Å². The molecule has 1 aliphatic rings. The second-order valence-corrected chi connectivity index (χ2v) is 6.07. The number of para-hydroxylation sites is 1. The molecule has 2 atom stereocenters. The van der Waals surface area contributed by atoms with Crippen LogP contribution in [0.3, 0.4) is 0 Å². The van der Waals surface area contributed by atoms with Crippen molar-refractivity contribution in [3.05, 3.63) is 59.7 Å². The lowest BCUT2D eigenvalue weighted by atomic mass is 10.1. The van der Waals surface area contributed by atoms with Crippen LogP contribution in [-0.4, -0.2) is 26.7 Å². The third-order valence-electron chi connectivity index (χ3n) is 4.56. The van der Waals surface area contributed by atoms with Crippen molar-refractivity contribution in [2.75, 3.05) is 20.8 Å². The fourth-order valence-electron chi connectivity index (χ4n) is 3.07. The molecule has 0 radical (unpaired) electrons. The van der Waals surface area contributed by atoms with E-state index < -0.39 is 0 Å². The van der Waals surface area contributed by atoms with Gasteiger partial charge in [0, 0.05) is 12.5 Å². The summed E-state index contributed by atoms with van der Waals surface area (Å²) >= 11 is 0. The van der Waals surface area contributed by atoms with E-state index >= 15 is 0 Å². The first-order valence-electron chi connectivity index (χ1n) is 8.26. The second kappa shape index (κ2) is 7.39. The average Bonchev–Trinajstić information content (AvgIpc) is 3.43. The molecular weight excluding hydrogens is 302 g/mol. The molecule has 1 saturated carbocycles. The fourth-order valence-corrected chi connectivity index (χ4v) is 3.07. The van der Waals surface area contributed by atoms with Gasteiger partial charge in [0.2, 0.25) is 5.91 Å². The molecule has 4 heteroatoms. The monoisotopic (exact) mass is 325 g/mol. The number of amides is 1. The van der Waals surface area contributed by atoms with E-state index in [2.05, 4.69) is 5.32 Å². The summed E-state index contributed by atoms with van der Waals surface area (Å²) in [7, 11) is 3.32. The number of carbonyl (C=O) groups is 1. The van der Waals surface area contributed by atoms with Crippen molar-refractivity contribution in [1.82, 2.24) is 5.32 Å². The summed E-state index contributed by atoms with van der Waals surface area (Å²) in [5.74, 6) is 2.29. The largest absolute Gasteiger partial charge is 0.497 e. The second-order valence-electron chi connectivity index (χ2n) is 6.07. The number of nitrogens with one attached hydrogen (secondary N) is 1. The van der Waals surface area contributed by atoms with E-state index in [9.17, 15) is 4.79 Å². The van der Waals surface area contributed by atoms with E-state index in [0.29, 0.717) is 12.5 Å². The predicted molar refractivity (Wildman–Crippen MR) is 93.5 cm³/mol. The standard InChI is InChI=1S/C20H23NO3/c1-23-16-9-7-14(8-10-16)17-13-18(17)20(22)21-12-11-15-5-3-4-6-19(15)24-2/h3-10,17-18H,11-13H2,1-2H3,(H,21,22)/t17-,18-/m1/s1. The van der Waals surface area contributed by atoms with E-state index in [1.807, 2.05) is 48.5 Å². The molecular formula is C20H23NO3. The predicted octanol–water partition coefficient (Wildman–Crippen LogP) is 3.17. The molecule has 1 fully saturated rings. The molecule has 3 rings (SSSR count). The zero-order valence-electron chi connectivity index (χ0n) is 14.1. The summed E-state index contributed by atoms with van der Waals surface area (Å²) in [6.45, 7) is 0.630. The maximum Gasteiger partial charge on any atom is 0.223 e. The topological polar surface area (TPSA) is 47.6 Å². The van der Waals surface area contributed by atoms with E-state index in [4.69, 9.17) is 9.47 Å². The fraction of sp³-hybridized carbons (Fsp3) is 0.350. The van der Waals surface area contributed by atoms with Gasteiger partial charge in [-0.05, 0) is 48.1 Å². The van der Waals surface area contributed by atoms with Gasteiger partial charge < -0.3 is 14.8 Å². The van der Waals surface area contributed by atoms with Crippen molar-refractivity contribution in [2.45, 2.75) is 18.8 Å². The maximum atomic E-state index is 12.3. The lowest BCUT2D eigenvalue weighted by Crippen LogP contribution is -2.27. The van der Waals surface area contributed by atoms with E-state index in [0.717, 1.165) is 29.9 Å². The highest BCUT2D eigenvalue weighted by Gasteiger charge is 2.43. The summed E-state index contributed by atoms with van der Waals surface area (Å²) in [4.78, 5) is 12.3. The van der Waals surface area contributed by atoms with Gasteiger partial charge in [-0.2, -0.15) is 0 Å². The number of rotatable bonds is 7. The molecule has 2 aromatic rings. The van der Waals surface area contributed by atoms with Gasteiger partial charge in [-0.25, -0.2) is 0 Å². The Morgan fingerprint density at radius 1 is 1.08 bits per heavy atom. The van der Waals surface area contributed by atoms with E-state index in [-0.39, 0.29) is 11.8 Å². The highest BCUT2D eigenvalue weighted by molar-refractivity contribution is 5.82. The zero-order valence-corrected chi connectivity index (χ0v) is 14.1. The molecule has 1 amide bonds. The normalized spacial score (nSPS) is 18.8. The van der Waals surface area contributed by atoms with Gasteiger partial charge in [-0.15, -0.1) is 0 Å². The van der Waals surface area contributed by atoms with Crippen molar-refractivity contribution >= 4 is 5.91 Å². The van der Waals surface area contributed by atoms with Gasteiger partial charge in [0.15, 0.2) is 0 Å². The Balaban J connectivity index is 1.48. The third kappa shape index (κ3) is 3.70. The first kappa shape index (κ1) is 16.4. The molecule has 0 aliphatic heterocycles. The van der Waals surface area contributed by atoms with Crippen molar-refractivity contribution in [3.8, 4) is 11.5 Å². The highest BCUT2D eigenvalue weighted by Crippen LogP contribution is 2.47. The van der Waals surface area contributed by atoms with Crippen LogP contribution in [-0.2, 0) is 11.2 Å². The van der Waals surface area contributed by atoms with Gasteiger partial charge in [0.05, 0.1) is 14.2 Å². The molecule has 0 spiro atoms. The van der Waals surface area contributed by atoms with Gasteiger partial charge in [-0.1, -0.05) is 30.3 Å². The Kier molecular flexibility index (Phi) is 5.04. The summed E-state index contributed by atoms with van der Waals surface area (Å²) in [6, 6.07) is 15.9. The summed E-state index contributed by atoms with van der Waals surface area (Å²) < 4.78 is 10.5. The molecule has 0 bridgehead atoms. The van der Waals surface area contributed by atoms with E-state index in [1.165, 1.54) is 5.56 Å². The molecule has 0 unspecified atom stereocenters. The smallest absolute Gasteiger partial charge is 0.223 e. The van der Waals surface area contributed by atoms with Crippen LogP contribution in [0.25, 0.3) is 0 Å². The first-order chi connectivity index (χ1) is 11.7. The Morgan fingerprint density at radius 2 is 1.83 bits per heavy atom. The Hall–Kier alpha value is -2.49. The molecule has 2 aromatic carbocycles. The molecule has 1 N–H and O–H groups in total. The molecule has 0 saturated heterocycles. The zero-order chi connectivity index (χ0) is 16.9. The number of hydrogen-bond acceptors (Lipinski definition) is 3. The number of ether oxygens (including phenoxy) is 2. The highest BCUT2D eigenvalue weighted by atomic mass is 16.5. The molecule has 0 heterocycles. The van der Waals surface area contributed by atoms with Crippen LogP contribution >= 0.6 is 0 Å². The number of methoxy groups -OCH3 is 2. The Labute approximate surface area is 142 Å². The van der Waals surface area contributed by atoms with Crippen molar-refractivity contribution in [3.63, 3.8) is 0 Å². The Morgan fingerprint density at radius 3 is 2.54 bits per heavy atom. The lowest BCUT2D eigenvalue weighted by Gasteiger charge is -2.09. The molecule has 24 heavy (non-hydrogen) atoms. The molecule has 0 aromatic heterocycles. The van der Waals surface area contributed by atoms with Gasteiger partial charge in [-0.3, -0.25) is 4.79 Å². The minimum atomic E-state index is 0.0936. The SMILES string of the molecule is COc1ccc([C@H]2C[C@H]2C(=O)NCCc2ccccc2OC)cc1. The minimum Gasteiger partial charge on any atom is -0.497 e. The van der Waals surface area contributed by atoms with Gasteiger partial charge in [0.1, 0.15) is 11.5 Å². The van der Waals surface area contributed by atoms with Crippen LogP contribution in [0.2, 0.25) is 0 Å². The van der Waals surface area contributed by atoms with Gasteiger partial charge >= 0.3 is 0 Å². The summed E-state index contributed by atoms with van der Waals surface area (Å²) in [6.07, 6.45) is 1.70. The van der Waals surface area contributed by atoms with Crippen LogP contribution in [0.4, 0.5) is 0 Å². The minimum absolute atomic E-state index is 0.0936. The first-order valence-corrected chi connectivity index (χ1v) is 8.26. The molecule has 1 aliphatic carbocycles. The van der Waals surface area contributed by atoms with Crippen LogP contribution < -0.4 is 14.8 Å². The van der Waals surface area contributed by atoms with Crippen LogP contribution in [0.1, 0.15) is 23.5 Å². The van der Waals surface area contributed by atoms with Crippen LogP contribution in [0.15, 0.2) is 48.5 Å². The Bertz CT molecular complexity index is 696. The third-order valence-corrected chi connectivity index (χ3v) is 4.56. The average molecular weight is 325 g/mol. The quantitative estimate of drug-likeness (QED) is 0.850. The van der Waals surface area contributed by atoms with Crippen LogP contribution in [0.5, 0.6) is 11.5 Å². The van der Waals surface area contributed by atoms with Crippen molar-refractivity contribution in [1.29, 1.82) is 0 Å². The summed E-state index contributed by atoms with van der Waals surface area (Å²) in [5.41, 5.74) is 2.32. The van der Waals surface area contributed by atoms with Crippen LogP contribution in [0, 0.1) is 5.92 Å². The number of benzene rings is 2. The van der Waals surface area contributed by atoms with Gasteiger partial charge in [0.25, 0.3) is 0 Å². The number of carbonyl (C=O) groups excluding carboxylic acids is 1. The summed E-state index contributed by atoms with van der Waals surface area (Å²) in [5, 5.41) is 3.05.